The number of rotatable bonds is 2. The van der Waals surface area contributed by atoms with E-state index in [0.717, 1.165) is 19.3 Å². The van der Waals surface area contributed by atoms with Crippen LogP contribution in [0.4, 0.5) is 0 Å². The second-order valence-electron chi connectivity index (χ2n) is 7.51. The lowest BCUT2D eigenvalue weighted by atomic mass is 9.84. The van der Waals surface area contributed by atoms with Gasteiger partial charge in [-0.2, -0.15) is 0 Å². The third kappa shape index (κ3) is 3.04. The Kier molecular flexibility index (Phi) is 4.29. The second kappa shape index (κ2) is 6.96. The summed E-state index contributed by atoms with van der Waals surface area (Å²) < 4.78 is 0. The molecule has 0 bridgehead atoms. The van der Waals surface area contributed by atoms with E-state index < -0.39 is 0 Å². The summed E-state index contributed by atoms with van der Waals surface area (Å²) in [5.74, 6) is -0.0540. The quantitative estimate of drug-likeness (QED) is 0.425. The molecule has 4 aromatic carbocycles. The van der Waals surface area contributed by atoms with Gasteiger partial charge < -0.3 is 5.32 Å². The van der Waals surface area contributed by atoms with Crippen molar-refractivity contribution in [2.75, 3.05) is 0 Å². The van der Waals surface area contributed by atoms with Crippen molar-refractivity contribution in [3.05, 3.63) is 94.5 Å². The molecule has 1 aliphatic rings. The topological polar surface area (TPSA) is 29.1 Å². The number of carbonyl (C=O) groups is 1. The Hall–Kier alpha value is -2.84. The molecule has 2 nitrogen and oxygen atoms in total. The summed E-state index contributed by atoms with van der Waals surface area (Å²) in [4.78, 5) is 12.6. The van der Waals surface area contributed by atoms with Crippen molar-refractivity contribution in [3.8, 4) is 0 Å². The summed E-state index contributed by atoms with van der Waals surface area (Å²) in [6.45, 7) is 0. The zero-order valence-corrected chi connectivity index (χ0v) is 16.2. The lowest BCUT2D eigenvalue weighted by Crippen LogP contribution is -2.38. The van der Waals surface area contributed by atoms with Crippen molar-refractivity contribution in [2.45, 2.75) is 25.3 Å². The zero-order valence-electron chi connectivity index (χ0n) is 15.4. The first kappa shape index (κ1) is 17.3. The van der Waals surface area contributed by atoms with Gasteiger partial charge in [0, 0.05) is 16.6 Å². The molecule has 0 aliphatic heterocycles. The average Bonchev–Trinajstić information content (AvgIpc) is 2.73. The lowest BCUT2D eigenvalue weighted by molar-refractivity contribution is 0.0933. The predicted molar refractivity (Wildman–Crippen MR) is 116 cm³/mol. The molecule has 0 radical (unpaired) electrons. The molecule has 5 rings (SSSR count). The molecular weight excluding hydrogens is 366 g/mol. The maximum Gasteiger partial charge on any atom is 0.251 e. The van der Waals surface area contributed by atoms with E-state index in [-0.39, 0.29) is 11.9 Å². The van der Waals surface area contributed by atoms with Crippen LogP contribution in [0, 0.1) is 0 Å². The molecule has 1 unspecified atom stereocenters. The first-order valence-corrected chi connectivity index (χ1v) is 10.1. The van der Waals surface area contributed by atoms with Crippen LogP contribution in [0.25, 0.3) is 21.5 Å². The molecular formula is C25H20ClNO. The highest BCUT2D eigenvalue weighted by Gasteiger charge is 2.22. The summed E-state index contributed by atoms with van der Waals surface area (Å²) >= 11 is 6.03. The molecule has 1 aliphatic carbocycles. The largest absolute Gasteiger partial charge is 0.349 e. The maximum absolute atomic E-state index is 12.6. The van der Waals surface area contributed by atoms with E-state index >= 15 is 0 Å². The Morgan fingerprint density at radius 2 is 1.75 bits per heavy atom. The maximum atomic E-state index is 12.6. The van der Waals surface area contributed by atoms with Gasteiger partial charge in [-0.15, -0.1) is 0 Å². The number of fused-ring (bicyclic) bond motifs is 5. The highest BCUT2D eigenvalue weighted by Crippen LogP contribution is 2.33. The van der Waals surface area contributed by atoms with Crippen LogP contribution in [-0.4, -0.2) is 11.9 Å². The fourth-order valence-corrected chi connectivity index (χ4v) is 4.56. The Morgan fingerprint density at radius 1 is 0.893 bits per heavy atom. The Bertz CT molecular complexity index is 1210. The molecule has 0 saturated heterocycles. The third-order valence-corrected chi connectivity index (χ3v) is 6.00. The first-order valence-electron chi connectivity index (χ1n) is 9.68. The molecule has 0 aromatic heterocycles. The SMILES string of the molecule is O=C(NC1CCc2ccc3c(ccc4ccccc43)c2C1)c1cccc(Cl)c1. The Morgan fingerprint density at radius 3 is 2.64 bits per heavy atom. The minimum absolute atomic E-state index is 0.0540. The van der Waals surface area contributed by atoms with Crippen LogP contribution in [0.1, 0.15) is 27.9 Å². The number of hydrogen-bond donors (Lipinski definition) is 1. The minimum atomic E-state index is -0.0540. The summed E-state index contributed by atoms with van der Waals surface area (Å²) in [5.41, 5.74) is 3.38. The summed E-state index contributed by atoms with van der Waals surface area (Å²) in [6, 6.07) is 24.7. The molecule has 0 heterocycles. The van der Waals surface area contributed by atoms with Crippen LogP contribution < -0.4 is 5.32 Å². The summed E-state index contributed by atoms with van der Waals surface area (Å²) in [7, 11) is 0. The Balaban J connectivity index is 1.48. The molecule has 4 aromatic rings. The number of carbonyl (C=O) groups excluding carboxylic acids is 1. The Labute approximate surface area is 169 Å². The monoisotopic (exact) mass is 385 g/mol. The van der Waals surface area contributed by atoms with Crippen LogP contribution in [0.15, 0.2) is 72.8 Å². The van der Waals surface area contributed by atoms with Gasteiger partial charge in [-0.25, -0.2) is 0 Å². The van der Waals surface area contributed by atoms with Gasteiger partial charge in [0.05, 0.1) is 0 Å². The number of aryl methyl sites for hydroxylation is 1. The van der Waals surface area contributed by atoms with E-state index in [1.165, 1.54) is 32.7 Å². The molecule has 1 atom stereocenters. The molecule has 0 saturated carbocycles. The fourth-order valence-electron chi connectivity index (χ4n) is 4.37. The van der Waals surface area contributed by atoms with Crippen LogP contribution in [0.2, 0.25) is 5.02 Å². The average molecular weight is 386 g/mol. The number of benzene rings is 4. The molecule has 28 heavy (non-hydrogen) atoms. The van der Waals surface area contributed by atoms with E-state index in [1.54, 1.807) is 18.2 Å². The van der Waals surface area contributed by atoms with Gasteiger partial charge in [0.15, 0.2) is 0 Å². The van der Waals surface area contributed by atoms with Crippen molar-refractivity contribution in [3.63, 3.8) is 0 Å². The molecule has 3 heteroatoms. The van der Waals surface area contributed by atoms with E-state index in [2.05, 4.69) is 53.8 Å². The highest BCUT2D eigenvalue weighted by molar-refractivity contribution is 6.31. The molecule has 0 spiro atoms. The van der Waals surface area contributed by atoms with E-state index in [4.69, 9.17) is 11.6 Å². The van der Waals surface area contributed by atoms with Gasteiger partial charge in [-0.05, 0) is 70.1 Å². The van der Waals surface area contributed by atoms with Crippen molar-refractivity contribution in [1.82, 2.24) is 5.32 Å². The van der Waals surface area contributed by atoms with Crippen molar-refractivity contribution < 1.29 is 4.79 Å². The highest BCUT2D eigenvalue weighted by atomic mass is 35.5. The fraction of sp³-hybridized carbons (Fsp3) is 0.160. The lowest BCUT2D eigenvalue weighted by Gasteiger charge is -2.27. The minimum Gasteiger partial charge on any atom is -0.349 e. The first-order chi connectivity index (χ1) is 13.7. The van der Waals surface area contributed by atoms with Gasteiger partial charge >= 0.3 is 0 Å². The van der Waals surface area contributed by atoms with Crippen molar-refractivity contribution in [2.24, 2.45) is 0 Å². The third-order valence-electron chi connectivity index (χ3n) is 5.77. The number of amides is 1. The normalized spacial score (nSPS) is 16.1. The van der Waals surface area contributed by atoms with Crippen LogP contribution in [0.3, 0.4) is 0 Å². The van der Waals surface area contributed by atoms with Gasteiger partial charge in [0.1, 0.15) is 0 Å². The van der Waals surface area contributed by atoms with E-state index in [1.807, 2.05) is 6.07 Å². The van der Waals surface area contributed by atoms with Gasteiger partial charge in [0.25, 0.3) is 5.91 Å². The van der Waals surface area contributed by atoms with Crippen molar-refractivity contribution in [1.29, 1.82) is 0 Å². The second-order valence-corrected chi connectivity index (χ2v) is 7.95. The molecule has 1 N–H and O–H groups in total. The van der Waals surface area contributed by atoms with E-state index in [0.29, 0.717) is 10.6 Å². The molecule has 1 amide bonds. The standard InChI is InChI=1S/C25H20ClNO/c26-19-6-3-5-18(14-19)25(28)27-20-11-8-17-10-12-22-21-7-2-1-4-16(21)9-13-23(22)24(17)15-20/h1-7,9-10,12-14,20H,8,11,15H2,(H,27,28). The van der Waals surface area contributed by atoms with Crippen LogP contribution in [0.5, 0.6) is 0 Å². The number of halogens is 1. The van der Waals surface area contributed by atoms with Gasteiger partial charge in [0.2, 0.25) is 0 Å². The number of nitrogens with one attached hydrogen (secondary N) is 1. The summed E-state index contributed by atoms with van der Waals surface area (Å²) in [6.07, 6.45) is 2.80. The zero-order chi connectivity index (χ0) is 19.1. The summed E-state index contributed by atoms with van der Waals surface area (Å²) in [5, 5.41) is 8.93. The molecule has 0 fully saturated rings. The van der Waals surface area contributed by atoms with Crippen molar-refractivity contribution >= 4 is 39.1 Å². The van der Waals surface area contributed by atoms with Gasteiger partial charge in [-0.1, -0.05) is 66.2 Å². The van der Waals surface area contributed by atoms with Gasteiger partial charge in [-0.3, -0.25) is 4.79 Å². The van der Waals surface area contributed by atoms with E-state index in [9.17, 15) is 4.79 Å². The van der Waals surface area contributed by atoms with Crippen LogP contribution >= 0.6 is 11.6 Å². The number of hydrogen-bond acceptors (Lipinski definition) is 1. The van der Waals surface area contributed by atoms with Crippen LogP contribution in [-0.2, 0) is 12.8 Å². The predicted octanol–water partition coefficient (Wildman–Crippen LogP) is 5.93. The smallest absolute Gasteiger partial charge is 0.251 e. The molecule has 138 valence electrons.